The van der Waals surface area contributed by atoms with E-state index in [2.05, 4.69) is 23.3 Å². The molecule has 0 fully saturated rings. The minimum Gasteiger partial charge on any atom is -0.478 e. The third-order valence-electron chi connectivity index (χ3n) is 4.58. The van der Waals surface area contributed by atoms with Crippen LogP contribution in [0.3, 0.4) is 0 Å². The lowest BCUT2D eigenvalue weighted by molar-refractivity contribution is 0.0692. The second-order valence-electron chi connectivity index (χ2n) is 6.88. The van der Waals surface area contributed by atoms with Gasteiger partial charge in [0.15, 0.2) is 0 Å². The molecular weight excluding hydrogens is 384 g/mol. The van der Waals surface area contributed by atoms with Crippen molar-refractivity contribution in [1.82, 2.24) is 4.98 Å². The monoisotopic (exact) mass is 402 g/mol. The number of carbonyl (C=O) groups is 2. The maximum atomic E-state index is 12.6. The number of rotatable bonds is 4. The molecule has 3 aromatic carbocycles. The predicted octanol–water partition coefficient (Wildman–Crippen LogP) is 5.53. The highest BCUT2D eigenvalue weighted by Gasteiger charge is 2.17. The van der Waals surface area contributed by atoms with Gasteiger partial charge in [0.2, 0.25) is 0 Å². The smallest absolute Gasteiger partial charge is 0.336 e. The average molecular weight is 402 g/mol. The fourth-order valence-corrected chi connectivity index (χ4v) is 4.15. The summed E-state index contributed by atoms with van der Waals surface area (Å²) < 4.78 is 1.14. The van der Waals surface area contributed by atoms with Crippen molar-refractivity contribution >= 4 is 39.1 Å². The van der Waals surface area contributed by atoms with Crippen molar-refractivity contribution in [2.45, 2.75) is 13.8 Å². The van der Waals surface area contributed by atoms with Gasteiger partial charge in [-0.1, -0.05) is 17.7 Å². The van der Waals surface area contributed by atoms with E-state index in [0.29, 0.717) is 5.69 Å². The first-order valence-electron chi connectivity index (χ1n) is 9.03. The summed E-state index contributed by atoms with van der Waals surface area (Å²) in [7, 11) is 0. The van der Waals surface area contributed by atoms with Gasteiger partial charge in [0, 0.05) is 11.3 Å². The molecule has 29 heavy (non-hydrogen) atoms. The SMILES string of the molecule is Cc1ccc(C(=O)Nc2ccc(-c3nc4ccc(C)cc4s3)cc2)c(C(=O)O)c1. The fourth-order valence-electron chi connectivity index (χ4n) is 3.08. The maximum absolute atomic E-state index is 12.6. The van der Waals surface area contributed by atoms with E-state index in [4.69, 9.17) is 0 Å². The standard InChI is InChI=1S/C23H18N2O3S/c1-13-3-9-17(18(11-13)23(27)28)21(26)24-16-7-5-15(6-8-16)22-25-19-10-4-14(2)12-20(19)29-22/h3-12H,1-2H3,(H,24,26)(H,27,28). The van der Waals surface area contributed by atoms with E-state index < -0.39 is 11.9 Å². The Labute approximate surface area is 171 Å². The van der Waals surface area contributed by atoms with Gasteiger partial charge in [0.25, 0.3) is 5.91 Å². The number of carboxylic acids is 1. The van der Waals surface area contributed by atoms with Gasteiger partial charge in [-0.15, -0.1) is 11.3 Å². The van der Waals surface area contributed by atoms with Crippen LogP contribution in [0, 0.1) is 13.8 Å². The Kier molecular flexibility index (Phi) is 4.86. The molecule has 0 bridgehead atoms. The van der Waals surface area contributed by atoms with Crippen LogP contribution in [0.15, 0.2) is 60.7 Å². The minimum atomic E-state index is -1.12. The second-order valence-corrected chi connectivity index (χ2v) is 7.91. The number of fused-ring (bicyclic) bond motifs is 1. The van der Waals surface area contributed by atoms with Crippen molar-refractivity contribution in [3.63, 3.8) is 0 Å². The van der Waals surface area contributed by atoms with Crippen LogP contribution in [0.4, 0.5) is 5.69 Å². The zero-order chi connectivity index (χ0) is 20.5. The molecule has 2 N–H and O–H groups in total. The molecule has 0 aliphatic rings. The van der Waals surface area contributed by atoms with Gasteiger partial charge in [-0.2, -0.15) is 0 Å². The summed E-state index contributed by atoms with van der Waals surface area (Å²) in [4.78, 5) is 28.7. The zero-order valence-corrected chi connectivity index (χ0v) is 16.7. The van der Waals surface area contributed by atoms with E-state index in [1.54, 1.807) is 36.5 Å². The van der Waals surface area contributed by atoms with E-state index in [9.17, 15) is 14.7 Å². The van der Waals surface area contributed by atoms with Crippen molar-refractivity contribution in [2.75, 3.05) is 5.32 Å². The van der Waals surface area contributed by atoms with Crippen LogP contribution in [0.5, 0.6) is 0 Å². The Morgan fingerprint density at radius 3 is 2.31 bits per heavy atom. The normalized spacial score (nSPS) is 10.8. The van der Waals surface area contributed by atoms with Crippen LogP contribution in [-0.2, 0) is 0 Å². The van der Waals surface area contributed by atoms with Crippen LogP contribution in [0.1, 0.15) is 31.8 Å². The summed E-state index contributed by atoms with van der Waals surface area (Å²) in [6.45, 7) is 3.84. The number of nitrogens with one attached hydrogen (secondary N) is 1. The number of thiazole rings is 1. The third-order valence-corrected chi connectivity index (χ3v) is 5.65. The first kappa shape index (κ1) is 18.8. The topological polar surface area (TPSA) is 79.3 Å². The highest BCUT2D eigenvalue weighted by atomic mass is 32.1. The summed E-state index contributed by atoms with van der Waals surface area (Å²) >= 11 is 1.62. The number of hydrogen-bond donors (Lipinski definition) is 2. The van der Waals surface area contributed by atoms with Crippen molar-refractivity contribution < 1.29 is 14.7 Å². The molecular formula is C23H18N2O3S. The molecule has 1 heterocycles. The summed E-state index contributed by atoms with van der Waals surface area (Å²) in [5.41, 5.74) is 4.62. The molecule has 144 valence electrons. The van der Waals surface area contributed by atoms with Gasteiger partial charge in [-0.3, -0.25) is 4.79 Å². The first-order chi connectivity index (χ1) is 13.9. The van der Waals surface area contributed by atoms with Gasteiger partial charge in [0.05, 0.1) is 21.3 Å². The molecule has 4 rings (SSSR count). The first-order valence-corrected chi connectivity index (χ1v) is 9.85. The Morgan fingerprint density at radius 2 is 1.59 bits per heavy atom. The van der Waals surface area contributed by atoms with Crippen LogP contribution < -0.4 is 5.32 Å². The number of amides is 1. The van der Waals surface area contributed by atoms with Crippen molar-refractivity contribution in [2.24, 2.45) is 0 Å². The van der Waals surface area contributed by atoms with Crippen LogP contribution in [0.25, 0.3) is 20.8 Å². The molecule has 5 nitrogen and oxygen atoms in total. The van der Waals surface area contributed by atoms with Gasteiger partial charge in [-0.05, 0) is 67.9 Å². The molecule has 0 radical (unpaired) electrons. The van der Waals surface area contributed by atoms with Gasteiger partial charge in [0.1, 0.15) is 5.01 Å². The van der Waals surface area contributed by atoms with Crippen molar-refractivity contribution in [1.29, 1.82) is 0 Å². The number of anilines is 1. The molecule has 0 spiro atoms. The maximum Gasteiger partial charge on any atom is 0.336 e. The zero-order valence-electron chi connectivity index (χ0n) is 15.9. The summed E-state index contributed by atoms with van der Waals surface area (Å²) in [5.74, 6) is -1.58. The molecule has 4 aromatic rings. The largest absolute Gasteiger partial charge is 0.478 e. The van der Waals surface area contributed by atoms with Crippen molar-refractivity contribution in [3.05, 3.63) is 82.9 Å². The number of hydrogen-bond acceptors (Lipinski definition) is 4. The quantitative estimate of drug-likeness (QED) is 0.470. The van der Waals surface area contributed by atoms with Gasteiger partial charge < -0.3 is 10.4 Å². The van der Waals surface area contributed by atoms with Crippen LogP contribution >= 0.6 is 11.3 Å². The van der Waals surface area contributed by atoms with Crippen molar-refractivity contribution in [3.8, 4) is 10.6 Å². The number of benzene rings is 3. The Balaban J connectivity index is 1.56. The van der Waals surface area contributed by atoms with Gasteiger partial charge in [-0.25, -0.2) is 9.78 Å². The average Bonchev–Trinajstić information content (AvgIpc) is 3.11. The Bertz CT molecular complexity index is 1240. The van der Waals surface area contributed by atoms with E-state index in [1.165, 1.54) is 17.7 Å². The minimum absolute atomic E-state index is 0.0103. The molecule has 0 unspecified atom stereocenters. The highest BCUT2D eigenvalue weighted by molar-refractivity contribution is 7.21. The number of nitrogens with zero attached hydrogens (tertiary/aromatic N) is 1. The summed E-state index contributed by atoms with van der Waals surface area (Å²) in [5, 5.41) is 13.0. The lowest BCUT2D eigenvalue weighted by atomic mass is 10.0. The van der Waals surface area contributed by atoms with Gasteiger partial charge >= 0.3 is 5.97 Å². The molecule has 0 saturated carbocycles. The predicted molar refractivity (Wildman–Crippen MR) is 116 cm³/mol. The number of aryl methyl sites for hydroxylation is 2. The van der Waals surface area contributed by atoms with Crippen LogP contribution in [0.2, 0.25) is 0 Å². The Hall–Kier alpha value is -3.51. The highest BCUT2D eigenvalue weighted by Crippen LogP contribution is 2.31. The van der Waals surface area contributed by atoms with Crippen LogP contribution in [-0.4, -0.2) is 22.0 Å². The summed E-state index contributed by atoms with van der Waals surface area (Å²) in [6, 6.07) is 18.3. The van der Waals surface area contributed by atoms with E-state index in [0.717, 1.165) is 26.4 Å². The molecule has 0 saturated heterocycles. The summed E-state index contributed by atoms with van der Waals surface area (Å²) in [6.07, 6.45) is 0. The number of aromatic carboxylic acids is 1. The molecule has 0 atom stereocenters. The molecule has 1 aromatic heterocycles. The lowest BCUT2D eigenvalue weighted by Crippen LogP contribution is -2.16. The number of carbonyl (C=O) groups excluding carboxylic acids is 1. The Morgan fingerprint density at radius 1 is 0.897 bits per heavy atom. The number of carboxylic acid groups (broad SMARTS) is 1. The van der Waals surface area contributed by atoms with E-state index in [-0.39, 0.29) is 11.1 Å². The fraction of sp³-hybridized carbons (Fsp3) is 0.0870. The third kappa shape index (κ3) is 3.88. The number of aromatic nitrogens is 1. The second kappa shape index (κ2) is 7.48. The van der Waals surface area contributed by atoms with E-state index >= 15 is 0 Å². The molecule has 0 aliphatic heterocycles. The van der Waals surface area contributed by atoms with E-state index in [1.807, 2.05) is 24.3 Å². The molecule has 0 aliphatic carbocycles. The lowest BCUT2D eigenvalue weighted by Gasteiger charge is -2.09. The molecule has 6 heteroatoms. The molecule has 1 amide bonds.